The number of aromatic amines is 1. The van der Waals surface area contributed by atoms with Crippen LogP contribution >= 0.6 is 28.1 Å². The molecule has 0 spiro atoms. The molecule has 5 nitrogen and oxygen atoms in total. The summed E-state index contributed by atoms with van der Waals surface area (Å²) in [6.45, 7) is 2.63. The molecule has 7 heteroatoms. The highest BCUT2D eigenvalue weighted by Gasteiger charge is 2.06. The fourth-order valence-corrected chi connectivity index (χ4v) is 2.40. The van der Waals surface area contributed by atoms with Crippen molar-refractivity contribution in [2.75, 3.05) is 12.5 Å². The number of nitrogens with one attached hydrogen (secondary N) is 2. The molecule has 0 radical (unpaired) electrons. The van der Waals surface area contributed by atoms with Gasteiger partial charge < -0.3 is 10.2 Å². The summed E-state index contributed by atoms with van der Waals surface area (Å²) in [7, 11) is 1.66. The van der Waals surface area contributed by atoms with E-state index in [9.17, 15) is 0 Å². The smallest absolute Gasteiger partial charge is 0.214 e. The molecule has 0 saturated heterocycles. The molecule has 0 atom stereocenters. The Kier molecular flexibility index (Phi) is 4.60. The predicted molar refractivity (Wildman–Crippen MR) is 80.5 cm³/mol. The van der Waals surface area contributed by atoms with Crippen molar-refractivity contribution in [2.45, 2.75) is 19.9 Å². The second-order valence-corrected chi connectivity index (χ2v) is 5.23. The highest BCUT2D eigenvalue weighted by molar-refractivity contribution is 9.10. The monoisotopic (exact) mass is 342 g/mol. The number of ether oxygens (including phenoxy) is 1. The summed E-state index contributed by atoms with van der Waals surface area (Å²) in [6.07, 6.45) is 0.801. The molecule has 0 unspecified atom stereocenters. The van der Waals surface area contributed by atoms with Crippen LogP contribution in [0.4, 0.5) is 0 Å². The number of halogens is 1. The van der Waals surface area contributed by atoms with E-state index in [0.29, 0.717) is 11.3 Å². The van der Waals surface area contributed by atoms with Crippen LogP contribution in [0.15, 0.2) is 22.7 Å². The lowest BCUT2D eigenvalue weighted by atomic mass is 10.2. The van der Waals surface area contributed by atoms with Gasteiger partial charge in [0, 0.05) is 16.5 Å². The topological polar surface area (TPSA) is 54.9 Å². The van der Waals surface area contributed by atoms with Gasteiger partial charge in [-0.2, -0.15) is 5.10 Å². The van der Waals surface area contributed by atoms with Crippen LogP contribution in [0.5, 0.6) is 5.75 Å². The highest BCUT2D eigenvalue weighted by atomic mass is 79.9. The second kappa shape index (κ2) is 6.21. The van der Waals surface area contributed by atoms with Crippen LogP contribution < -0.4 is 10.2 Å². The van der Waals surface area contributed by atoms with Crippen LogP contribution in [-0.2, 0) is 13.0 Å². The minimum absolute atomic E-state index is 0.561. The Morgan fingerprint density at radius 3 is 3.00 bits per heavy atom. The van der Waals surface area contributed by atoms with Crippen molar-refractivity contribution in [3.05, 3.63) is 38.8 Å². The molecule has 2 aromatic rings. The summed E-state index contributed by atoms with van der Waals surface area (Å²) in [4.78, 5) is 0. The Hall–Kier alpha value is -1.34. The van der Waals surface area contributed by atoms with Crippen molar-refractivity contribution in [3.8, 4) is 5.75 Å². The summed E-state index contributed by atoms with van der Waals surface area (Å²) in [5, 5.41) is 6.93. The van der Waals surface area contributed by atoms with Gasteiger partial charge in [0.25, 0.3) is 0 Å². The van der Waals surface area contributed by atoms with Crippen LogP contribution in [0.1, 0.15) is 18.3 Å². The summed E-state index contributed by atoms with van der Waals surface area (Å²) in [5.41, 5.74) is 4.29. The van der Waals surface area contributed by atoms with Crippen LogP contribution in [-0.4, -0.2) is 22.0 Å². The molecule has 102 valence electrons. The van der Waals surface area contributed by atoms with Gasteiger partial charge >= 0.3 is 0 Å². The zero-order valence-corrected chi connectivity index (χ0v) is 13.1. The molecular formula is C12H15BrN4OS. The molecule has 19 heavy (non-hydrogen) atoms. The Morgan fingerprint density at radius 1 is 1.53 bits per heavy atom. The van der Waals surface area contributed by atoms with Crippen LogP contribution in [0.2, 0.25) is 0 Å². The van der Waals surface area contributed by atoms with E-state index in [0.717, 1.165) is 28.0 Å². The molecule has 0 fully saturated rings. The van der Waals surface area contributed by atoms with Gasteiger partial charge in [0.2, 0.25) is 4.77 Å². The van der Waals surface area contributed by atoms with Crippen LogP contribution in [0.3, 0.4) is 0 Å². The zero-order valence-electron chi connectivity index (χ0n) is 10.7. The lowest BCUT2D eigenvalue weighted by Gasteiger charge is -2.12. The van der Waals surface area contributed by atoms with Crippen molar-refractivity contribution in [2.24, 2.45) is 0 Å². The van der Waals surface area contributed by atoms with Gasteiger partial charge in [0.1, 0.15) is 5.75 Å². The predicted octanol–water partition coefficient (Wildman–Crippen LogP) is 3.02. The number of aryl methyl sites for hydroxylation is 1. The molecule has 0 bridgehead atoms. The lowest BCUT2D eigenvalue weighted by Crippen LogP contribution is -2.17. The molecule has 0 aliphatic carbocycles. The van der Waals surface area contributed by atoms with Gasteiger partial charge in [0.15, 0.2) is 5.82 Å². The number of hydrogen-bond acceptors (Lipinski definition) is 4. The molecule has 1 aromatic carbocycles. The maximum Gasteiger partial charge on any atom is 0.214 e. The molecular weight excluding hydrogens is 328 g/mol. The number of hydrogen-bond donors (Lipinski definition) is 2. The van der Waals surface area contributed by atoms with E-state index in [1.807, 2.05) is 25.1 Å². The average molecular weight is 343 g/mol. The first-order chi connectivity index (χ1) is 9.15. The van der Waals surface area contributed by atoms with Crippen LogP contribution in [0, 0.1) is 4.77 Å². The summed E-state index contributed by atoms with van der Waals surface area (Å²) < 4.78 is 8.70. The van der Waals surface area contributed by atoms with Crippen molar-refractivity contribution in [1.82, 2.24) is 14.9 Å². The van der Waals surface area contributed by atoms with E-state index in [-0.39, 0.29) is 0 Å². The van der Waals surface area contributed by atoms with Crippen LogP contribution in [0.25, 0.3) is 0 Å². The molecule has 0 aliphatic rings. The number of methoxy groups -OCH3 is 1. The van der Waals surface area contributed by atoms with Crippen molar-refractivity contribution >= 4 is 28.1 Å². The SMILES string of the molecule is CCc1n[nH]c(=S)n1NCc1cc(Br)ccc1OC. The molecule has 0 saturated carbocycles. The van der Waals surface area contributed by atoms with E-state index in [2.05, 4.69) is 31.6 Å². The fourth-order valence-electron chi connectivity index (χ4n) is 1.78. The average Bonchev–Trinajstić information content (AvgIpc) is 2.77. The lowest BCUT2D eigenvalue weighted by molar-refractivity contribution is 0.409. The first kappa shape index (κ1) is 14.1. The maximum absolute atomic E-state index is 5.34. The largest absolute Gasteiger partial charge is 0.496 e. The fraction of sp³-hybridized carbons (Fsp3) is 0.333. The summed E-state index contributed by atoms with van der Waals surface area (Å²) in [6, 6.07) is 5.89. The molecule has 2 rings (SSSR count). The molecule has 0 aliphatic heterocycles. The number of benzene rings is 1. The molecule has 1 heterocycles. The van der Waals surface area contributed by atoms with Crippen molar-refractivity contribution < 1.29 is 4.74 Å². The van der Waals surface area contributed by atoms with Gasteiger partial charge in [-0.1, -0.05) is 22.9 Å². The summed E-state index contributed by atoms with van der Waals surface area (Å²) >= 11 is 8.64. The van der Waals surface area contributed by atoms with E-state index in [4.69, 9.17) is 17.0 Å². The Bertz CT molecular complexity index is 622. The van der Waals surface area contributed by atoms with Gasteiger partial charge in [-0.3, -0.25) is 5.10 Å². The second-order valence-electron chi connectivity index (χ2n) is 3.93. The maximum atomic E-state index is 5.34. The van der Waals surface area contributed by atoms with E-state index in [1.165, 1.54) is 0 Å². The standard InChI is InChI=1S/C12H15BrN4OS/c1-3-11-15-16-12(19)17(11)14-7-8-6-9(13)4-5-10(8)18-2/h4-6,14H,3,7H2,1-2H3,(H,16,19). The quantitative estimate of drug-likeness (QED) is 0.820. The van der Waals surface area contributed by atoms with Crippen molar-refractivity contribution in [3.63, 3.8) is 0 Å². The number of nitrogens with zero attached hydrogens (tertiary/aromatic N) is 2. The van der Waals surface area contributed by atoms with Gasteiger partial charge in [-0.15, -0.1) is 0 Å². The number of rotatable bonds is 5. The van der Waals surface area contributed by atoms with E-state index < -0.39 is 0 Å². The van der Waals surface area contributed by atoms with Gasteiger partial charge in [0.05, 0.1) is 13.7 Å². The Labute approximate surface area is 125 Å². The third kappa shape index (κ3) is 3.16. The first-order valence-corrected chi connectivity index (χ1v) is 7.08. The Morgan fingerprint density at radius 2 is 2.32 bits per heavy atom. The third-order valence-electron chi connectivity index (χ3n) is 2.73. The molecule has 2 N–H and O–H groups in total. The van der Waals surface area contributed by atoms with Crippen molar-refractivity contribution in [1.29, 1.82) is 0 Å². The Balaban J connectivity index is 2.20. The third-order valence-corrected chi connectivity index (χ3v) is 3.50. The highest BCUT2D eigenvalue weighted by Crippen LogP contribution is 2.23. The first-order valence-electron chi connectivity index (χ1n) is 5.88. The normalized spacial score (nSPS) is 10.5. The van der Waals surface area contributed by atoms with Gasteiger partial charge in [-0.25, -0.2) is 4.68 Å². The molecule has 1 aromatic heterocycles. The van der Waals surface area contributed by atoms with E-state index >= 15 is 0 Å². The van der Waals surface area contributed by atoms with Gasteiger partial charge in [-0.05, 0) is 30.4 Å². The zero-order chi connectivity index (χ0) is 13.8. The number of H-pyrrole nitrogens is 1. The minimum atomic E-state index is 0.561. The number of aromatic nitrogens is 3. The molecule has 0 amide bonds. The summed E-state index contributed by atoms with van der Waals surface area (Å²) in [5.74, 6) is 1.71. The minimum Gasteiger partial charge on any atom is -0.496 e. The van der Waals surface area contributed by atoms with E-state index in [1.54, 1.807) is 11.8 Å².